The second kappa shape index (κ2) is 6.07. The molecule has 0 radical (unpaired) electrons. The molecule has 0 atom stereocenters. The van der Waals surface area contributed by atoms with Gasteiger partial charge in [-0.2, -0.15) is 0 Å². The summed E-state index contributed by atoms with van der Waals surface area (Å²) in [5.74, 6) is -0.511. The lowest BCUT2D eigenvalue weighted by atomic mass is 10.2. The van der Waals surface area contributed by atoms with Gasteiger partial charge in [-0.15, -0.1) is 0 Å². The molecule has 18 heavy (non-hydrogen) atoms. The quantitative estimate of drug-likeness (QED) is 0.522. The van der Waals surface area contributed by atoms with E-state index in [4.69, 9.17) is 5.73 Å². The number of halogens is 1. The van der Waals surface area contributed by atoms with Crippen molar-refractivity contribution in [3.05, 3.63) is 29.6 Å². The number of hydrogen-bond acceptors (Lipinski definition) is 4. The monoisotopic (exact) mass is 291 g/mol. The zero-order valence-corrected chi connectivity index (χ0v) is 11.4. The van der Waals surface area contributed by atoms with Gasteiger partial charge in [-0.3, -0.25) is 0 Å². The molecule has 100 valence electrons. The summed E-state index contributed by atoms with van der Waals surface area (Å²) in [5, 5.41) is 2.87. The summed E-state index contributed by atoms with van der Waals surface area (Å²) in [6.45, 7) is 0.566. The van der Waals surface area contributed by atoms with Crippen LogP contribution in [0, 0.1) is 5.82 Å². The van der Waals surface area contributed by atoms with Crippen molar-refractivity contribution in [2.45, 2.75) is 0 Å². The van der Waals surface area contributed by atoms with E-state index >= 15 is 0 Å². The highest BCUT2D eigenvalue weighted by molar-refractivity contribution is 7.88. The Morgan fingerprint density at radius 1 is 1.44 bits per heavy atom. The predicted molar refractivity (Wildman–Crippen MR) is 73.6 cm³/mol. The maximum atomic E-state index is 13.5. The first-order valence-corrected chi connectivity index (χ1v) is 7.37. The molecule has 1 aromatic carbocycles. The lowest BCUT2D eigenvalue weighted by Gasteiger charge is -2.08. The molecule has 0 saturated carbocycles. The first kappa shape index (κ1) is 14.8. The second-order valence-corrected chi connectivity index (χ2v) is 5.92. The van der Waals surface area contributed by atoms with Crippen molar-refractivity contribution >= 4 is 32.9 Å². The first-order valence-electron chi connectivity index (χ1n) is 5.07. The van der Waals surface area contributed by atoms with Crippen molar-refractivity contribution in [1.82, 2.24) is 4.72 Å². The van der Waals surface area contributed by atoms with Gasteiger partial charge in [0.2, 0.25) is 10.0 Å². The molecular weight excluding hydrogens is 277 g/mol. The van der Waals surface area contributed by atoms with Gasteiger partial charge >= 0.3 is 0 Å². The number of anilines is 1. The SMILES string of the molecule is CS(=O)(=O)NCCNc1ccc(C(N)=S)c(F)c1. The number of rotatable bonds is 6. The first-order chi connectivity index (χ1) is 8.29. The summed E-state index contributed by atoms with van der Waals surface area (Å²) in [7, 11) is -3.20. The van der Waals surface area contributed by atoms with Gasteiger partial charge in [-0.25, -0.2) is 17.5 Å². The van der Waals surface area contributed by atoms with Gasteiger partial charge in [-0.1, -0.05) is 12.2 Å². The van der Waals surface area contributed by atoms with Gasteiger partial charge in [0.1, 0.15) is 10.8 Å². The molecule has 0 spiro atoms. The van der Waals surface area contributed by atoms with E-state index in [9.17, 15) is 12.8 Å². The van der Waals surface area contributed by atoms with Gasteiger partial charge in [0.25, 0.3) is 0 Å². The zero-order valence-electron chi connectivity index (χ0n) is 9.73. The Balaban J connectivity index is 2.54. The lowest BCUT2D eigenvalue weighted by molar-refractivity contribution is 0.589. The molecule has 5 nitrogen and oxygen atoms in total. The highest BCUT2D eigenvalue weighted by Crippen LogP contribution is 2.14. The summed E-state index contributed by atoms with van der Waals surface area (Å²) in [6.07, 6.45) is 1.07. The van der Waals surface area contributed by atoms with E-state index in [0.29, 0.717) is 12.2 Å². The highest BCUT2D eigenvalue weighted by Gasteiger charge is 2.05. The van der Waals surface area contributed by atoms with Crippen molar-refractivity contribution in [3.8, 4) is 0 Å². The van der Waals surface area contributed by atoms with Crippen LogP contribution in [0.5, 0.6) is 0 Å². The Kier molecular flexibility index (Phi) is 5.00. The molecule has 0 aliphatic heterocycles. The number of benzene rings is 1. The minimum Gasteiger partial charge on any atom is -0.389 e. The van der Waals surface area contributed by atoms with Crippen molar-refractivity contribution in [2.75, 3.05) is 24.7 Å². The van der Waals surface area contributed by atoms with E-state index in [2.05, 4.69) is 22.3 Å². The van der Waals surface area contributed by atoms with Crippen LogP contribution in [0.2, 0.25) is 0 Å². The van der Waals surface area contributed by atoms with Crippen LogP contribution >= 0.6 is 12.2 Å². The summed E-state index contributed by atoms with van der Waals surface area (Å²) < 4.78 is 37.4. The standard InChI is InChI=1S/C10H14FN3O2S2/c1-18(15,16)14-5-4-13-7-2-3-8(10(12)17)9(11)6-7/h2-3,6,13-14H,4-5H2,1H3,(H2,12,17). The number of sulfonamides is 1. The van der Waals surface area contributed by atoms with Crippen LogP contribution in [0.4, 0.5) is 10.1 Å². The van der Waals surface area contributed by atoms with Crippen LogP contribution in [0.3, 0.4) is 0 Å². The molecule has 0 aromatic heterocycles. The molecular formula is C10H14FN3O2S2. The Labute approximate surface area is 111 Å². The van der Waals surface area contributed by atoms with Crippen LogP contribution in [0.15, 0.2) is 18.2 Å². The fourth-order valence-corrected chi connectivity index (χ4v) is 1.91. The van der Waals surface area contributed by atoms with Crippen molar-refractivity contribution in [1.29, 1.82) is 0 Å². The van der Waals surface area contributed by atoms with Crippen molar-refractivity contribution in [3.63, 3.8) is 0 Å². The highest BCUT2D eigenvalue weighted by atomic mass is 32.2. The van der Waals surface area contributed by atoms with Gasteiger partial charge in [-0.05, 0) is 18.2 Å². The smallest absolute Gasteiger partial charge is 0.208 e. The maximum Gasteiger partial charge on any atom is 0.208 e. The van der Waals surface area contributed by atoms with Crippen LogP contribution in [-0.4, -0.2) is 32.8 Å². The lowest BCUT2D eigenvalue weighted by Crippen LogP contribution is -2.27. The Morgan fingerprint density at radius 2 is 2.11 bits per heavy atom. The average Bonchev–Trinajstić information content (AvgIpc) is 2.22. The van der Waals surface area contributed by atoms with Crippen LogP contribution in [-0.2, 0) is 10.0 Å². The third-order valence-electron chi connectivity index (χ3n) is 2.05. The Morgan fingerprint density at radius 3 is 2.61 bits per heavy atom. The van der Waals surface area contributed by atoms with Crippen LogP contribution in [0.25, 0.3) is 0 Å². The van der Waals surface area contributed by atoms with Crippen molar-refractivity contribution in [2.24, 2.45) is 5.73 Å². The average molecular weight is 291 g/mol. The van der Waals surface area contributed by atoms with Gasteiger partial charge in [0, 0.05) is 24.3 Å². The number of nitrogens with two attached hydrogens (primary N) is 1. The minimum absolute atomic E-state index is 0.00204. The predicted octanol–water partition coefficient (Wildman–Crippen LogP) is 0.421. The molecule has 0 unspecified atom stereocenters. The molecule has 0 saturated heterocycles. The summed E-state index contributed by atoms with van der Waals surface area (Å²) >= 11 is 4.68. The summed E-state index contributed by atoms with van der Waals surface area (Å²) in [4.78, 5) is -0.00204. The van der Waals surface area contributed by atoms with Crippen LogP contribution < -0.4 is 15.8 Å². The molecule has 0 fully saturated rings. The van der Waals surface area contributed by atoms with Gasteiger partial charge in [0.15, 0.2) is 0 Å². The number of nitrogens with one attached hydrogen (secondary N) is 2. The summed E-state index contributed by atoms with van der Waals surface area (Å²) in [6, 6.07) is 4.36. The van der Waals surface area contributed by atoms with E-state index in [1.807, 2.05) is 0 Å². The molecule has 0 heterocycles. The molecule has 8 heteroatoms. The molecule has 1 aromatic rings. The van der Waals surface area contributed by atoms with E-state index < -0.39 is 15.8 Å². The number of hydrogen-bond donors (Lipinski definition) is 3. The topological polar surface area (TPSA) is 84.2 Å². The molecule has 0 bridgehead atoms. The van der Waals surface area contributed by atoms with Gasteiger partial charge in [0.05, 0.1) is 6.26 Å². The number of thiocarbonyl (C=S) groups is 1. The molecule has 0 aliphatic rings. The Hall–Kier alpha value is -1.25. The molecule has 1 rings (SSSR count). The molecule has 0 amide bonds. The van der Waals surface area contributed by atoms with E-state index in [1.54, 1.807) is 6.07 Å². The fraction of sp³-hybridized carbons (Fsp3) is 0.300. The maximum absolute atomic E-state index is 13.5. The van der Waals surface area contributed by atoms with E-state index in [1.165, 1.54) is 12.1 Å². The van der Waals surface area contributed by atoms with Crippen LogP contribution in [0.1, 0.15) is 5.56 Å². The second-order valence-electron chi connectivity index (χ2n) is 3.65. The summed E-state index contributed by atoms with van der Waals surface area (Å²) in [5.41, 5.74) is 6.04. The Bertz CT molecular complexity index is 546. The molecule has 0 aliphatic carbocycles. The van der Waals surface area contributed by atoms with E-state index in [0.717, 1.165) is 6.26 Å². The minimum atomic E-state index is -3.20. The third-order valence-corrected chi connectivity index (χ3v) is 3.00. The largest absolute Gasteiger partial charge is 0.389 e. The van der Waals surface area contributed by atoms with E-state index in [-0.39, 0.29) is 17.1 Å². The normalized spacial score (nSPS) is 11.2. The van der Waals surface area contributed by atoms with Crippen molar-refractivity contribution < 1.29 is 12.8 Å². The zero-order chi connectivity index (χ0) is 13.8. The fourth-order valence-electron chi connectivity index (χ4n) is 1.27. The molecule has 4 N–H and O–H groups in total. The third kappa shape index (κ3) is 4.94. The van der Waals surface area contributed by atoms with Gasteiger partial charge < -0.3 is 11.1 Å².